The van der Waals surface area contributed by atoms with Crippen LogP contribution in [0.25, 0.3) is 0 Å². The van der Waals surface area contributed by atoms with Gasteiger partial charge in [-0.1, -0.05) is 28.1 Å². The van der Waals surface area contributed by atoms with E-state index in [-0.39, 0.29) is 11.3 Å². The Morgan fingerprint density at radius 3 is 2.67 bits per heavy atom. The van der Waals surface area contributed by atoms with Gasteiger partial charge in [0.25, 0.3) is 0 Å². The van der Waals surface area contributed by atoms with E-state index in [2.05, 4.69) is 38.5 Å². The number of benzene rings is 2. The van der Waals surface area contributed by atoms with Crippen molar-refractivity contribution >= 4 is 44.3 Å². The van der Waals surface area contributed by atoms with Gasteiger partial charge in [-0.05, 0) is 59.3 Å². The Bertz CT molecular complexity index is 621. The predicted molar refractivity (Wildman–Crippen MR) is 81.4 cm³/mol. The topological polar surface area (TPSA) is 17.1 Å². The van der Waals surface area contributed by atoms with Crippen molar-refractivity contribution in [1.82, 2.24) is 0 Å². The molecule has 4 heteroatoms. The second-order valence-electron chi connectivity index (χ2n) is 3.89. The second kappa shape index (κ2) is 5.48. The monoisotopic (exact) mass is 418 g/mol. The van der Waals surface area contributed by atoms with Crippen LogP contribution in [0, 0.1) is 16.3 Å². The summed E-state index contributed by atoms with van der Waals surface area (Å²) in [6, 6.07) is 9.83. The fourth-order valence-corrected chi connectivity index (χ4v) is 2.60. The summed E-state index contributed by atoms with van der Waals surface area (Å²) in [6.45, 7) is 1.93. The van der Waals surface area contributed by atoms with Crippen LogP contribution < -0.4 is 0 Å². The summed E-state index contributed by atoms with van der Waals surface area (Å²) in [7, 11) is 0. The lowest BCUT2D eigenvalue weighted by atomic mass is 10.0. The number of carbonyl (C=O) groups excluding carboxylic acids is 1. The van der Waals surface area contributed by atoms with E-state index in [1.54, 1.807) is 18.2 Å². The molecule has 2 aromatic rings. The van der Waals surface area contributed by atoms with Crippen LogP contribution in [0.1, 0.15) is 21.5 Å². The molecule has 0 N–H and O–H groups in total. The molecule has 0 amide bonds. The molecule has 2 aromatic carbocycles. The molecule has 0 bridgehead atoms. The molecule has 0 saturated heterocycles. The van der Waals surface area contributed by atoms with Crippen molar-refractivity contribution in [2.24, 2.45) is 0 Å². The zero-order valence-corrected chi connectivity index (χ0v) is 13.2. The largest absolute Gasteiger partial charge is 0.288 e. The predicted octanol–water partition coefficient (Wildman–Crippen LogP) is 4.73. The normalized spacial score (nSPS) is 10.4. The highest BCUT2D eigenvalue weighted by atomic mass is 127. The highest BCUT2D eigenvalue weighted by Crippen LogP contribution is 2.23. The number of halogens is 3. The maximum absolute atomic E-state index is 13.7. The van der Waals surface area contributed by atoms with Crippen LogP contribution in [0.3, 0.4) is 0 Å². The second-order valence-corrected chi connectivity index (χ2v) is 5.88. The van der Waals surface area contributed by atoms with Gasteiger partial charge in [0.1, 0.15) is 5.82 Å². The highest BCUT2D eigenvalue weighted by molar-refractivity contribution is 14.1. The molecule has 0 fully saturated rings. The van der Waals surface area contributed by atoms with Crippen LogP contribution >= 0.6 is 38.5 Å². The number of ketones is 1. The van der Waals surface area contributed by atoms with E-state index < -0.39 is 5.82 Å². The first-order valence-corrected chi connectivity index (χ1v) is 7.12. The van der Waals surface area contributed by atoms with E-state index in [0.29, 0.717) is 10.0 Å². The Kier molecular flexibility index (Phi) is 4.17. The summed E-state index contributed by atoms with van der Waals surface area (Å²) in [4.78, 5) is 12.3. The summed E-state index contributed by atoms with van der Waals surface area (Å²) in [5.41, 5.74) is 1.64. The maximum Gasteiger partial charge on any atom is 0.197 e. The molecule has 0 radical (unpaired) electrons. The summed E-state index contributed by atoms with van der Waals surface area (Å²) in [5, 5.41) is 0. The van der Waals surface area contributed by atoms with Crippen molar-refractivity contribution < 1.29 is 9.18 Å². The fraction of sp³-hybridized carbons (Fsp3) is 0.0714. The third kappa shape index (κ3) is 2.64. The van der Waals surface area contributed by atoms with Gasteiger partial charge in [0.15, 0.2) is 5.78 Å². The first-order valence-electron chi connectivity index (χ1n) is 5.25. The number of hydrogen-bond donors (Lipinski definition) is 0. The number of carbonyl (C=O) groups is 1. The van der Waals surface area contributed by atoms with Crippen LogP contribution in [0.5, 0.6) is 0 Å². The lowest BCUT2D eigenvalue weighted by Crippen LogP contribution is -2.07. The van der Waals surface area contributed by atoms with Crippen molar-refractivity contribution in [2.45, 2.75) is 6.92 Å². The van der Waals surface area contributed by atoms with Crippen LogP contribution in [0.4, 0.5) is 4.39 Å². The Balaban J connectivity index is 2.55. The number of rotatable bonds is 2. The van der Waals surface area contributed by atoms with Gasteiger partial charge in [-0.3, -0.25) is 4.79 Å². The van der Waals surface area contributed by atoms with Crippen molar-refractivity contribution in [3.63, 3.8) is 0 Å². The SMILES string of the molecule is Cc1cccc(C(=O)c2cc(Br)ccc2F)c1I. The van der Waals surface area contributed by atoms with E-state index in [1.807, 2.05) is 13.0 Å². The zero-order valence-electron chi connectivity index (χ0n) is 9.51. The molecule has 0 spiro atoms. The van der Waals surface area contributed by atoms with Gasteiger partial charge in [0.2, 0.25) is 0 Å². The molecule has 0 aliphatic carbocycles. The van der Waals surface area contributed by atoms with Crippen molar-refractivity contribution in [3.05, 3.63) is 66.9 Å². The molecule has 18 heavy (non-hydrogen) atoms. The lowest BCUT2D eigenvalue weighted by molar-refractivity contribution is 0.103. The molecule has 0 atom stereocenters. The molecule has 0 saturated carbocycles. The van der Waals surface area contributed by atoms with E-state index in [0.717, 1.165) is 9.13 Å². The first kappa shape index (κ1) is 13.7. The quantitative estimate of drug-likeness (QED) is 0.508. The summed E-state index contributed by atoms with van der Waals surface area (Å²) in [5.74, 6) is -0.789. The standard InChI is InChI=1S/C14H9BrFIO/c1-8-3-2-4-10(13(8)17)14(18)11-7-9(15)5-6-12(11)16/h2-7H,1H3. The molecule has 0 heterocycles. The van der Waals surface area contributed by atoms with Crippen LogP contribution in [0.2, 0.25) is 0 Å². The molecular weight excluding hydrogens is 410 g/mol. The van der Waals surface area contributed by atoms with Gasteiger partial charge in [-0.2, -0.15) is 0 Å². The van der Waals surface area contributed by atoms with Crippen molar-refractivity contribution in [3.8, 4) is 0 Å². The minimum absolute atomic E-state index is 0.0906. The number of aryl methyl sites for hydroxylation is 1. The molecule has 2 rings (SSSR count). The van der Waals surface area contributed by atoms with Gasteiger partial charge < -0.3 is 0 Å². The average molecular weight is 419 g/mol. The minimum atomic E-state index is -0.500. The van der Waals surface area contributed by atoms with Gasteiger partial charge in [0, 0.05) is 13.6 Å². The molecule has 1 nitrogen and oxygen atoms in total. The highest BCUT2D eigenvalue weighted by Gasteiger charge is 2.17. The smallest absolute Gasteiger partial charge is 0.197 e. The van der Waals surface area contributed by atoms with Gasteiger partial charge >= 0.3 is 0 Å². The third-order valence-corrected chi connectivity index (χ3v) is 4.53. The fourth-order valence-electron chi connectivity index (χ4n) is 1.64. The van der Waals surface area contributed by atoms with E-state index in [1.165, 1.54) is 12.1 Å². The Hall–Kier alpha value is -0.750. The van der Waals surface area contributed by atoms with E-state index >= 15 is 0 Å². The van der Waals surface area contributed by atoms with Crippen LogP contribution in [0.15, 0.2) is 40.9 Å². The first-order chi connectivity index (χ1) is 8.50. The molecule has 0 unspecified atom stereocenters. The van der Waals surface area contributed by atoms with E-state index in [9.17, 15) is 9.18 Å². The summed E-state index contributed by atoms with van der Waals surface area (Å²) < 4.78 is 15.2. The minimum Gasteiger partial charge on any atom is -0.288 e. The molecule has 92 valence electrons. The third-order valence-electron chi connectivity index (χ3n) is 2.61. The Labute approximate surface area is 127 Å². The van der Waals surface area contributed by atoms with Crippen molar-refractivity contribution in [2.75, 3.05) is 0 Å². The Morgan fingerprint density at radius 1 is 1.22 bits per heavy atom. The lowest BCUT2D eigenvalue weighted by Gasteiger charge is -2.07. The van der Waals surface area contributed by atoms with Gasteiger partial charge in [-0.25, -0.2) is 4.39 Å². The molecule has 0 aromatic heterocycles. The summed E-state index contributed by atoms with van der Waals surface area (Å²) >= 11 is 5.36. The van der Waals surface area contributed by atoms with Crippen molar-refractivity contribution in [1.29, 1.82) is 0 Å². The van der Waals surface area contributed by atoms with Crippen LogP contribution in [-0.2, 0) is 0 Å². The molecule has 0 aliphatic rings. The van der Waals surface area contributed by atoms with Crippen LogP contribution in [-0.4, -0.2) is 5.78 Å². The number of hydrogen-bond acceptors (Lipinski definition) is 1. The van der Waals surface area contributed by atoms with Gasteiger partial charge in [0.05, 0.1) is 5.56 Å². The average Bonchev–Trinajstić information content (AvgIpc) is 2.35. The summed E-state index contributed by atoms with van der Waals surface area (Å²) in [6.07, 6.45) is 0. The maximum atomic E-state index is 13.7. The Morgan fingerprint density at radius 2 is 1.94 bits per heavy atom. The van der Waals surface area contributed by atoms with E-state index in [4.69, 9.17) is 0 Å². The molecule has 0 aliphatic heterocycles. The zero-order chi connectivity index (χ0) is 13.3. The van der Waals surface area contributed by atoms with Gasteiger partial charge in [-0.15, -0.1) is 0 Å². The molecular formula is C14H9BrFIO.